The van der Waals surface area contributed by atoms with E-state index in [4.69, 9.17) is 14.2 Å². The van der Waals surface area contributed by atoms with Crippen LogP contribution in [0.1, 0.15) is 17.4 Å². The quantitative estimate of drug-likeness (QED) is 0.672. The molecule has 0 unspecified atom stereocenters. The van der Waals surface area contributed by atoms with Crippen LogP contribution in [-0.2, 0) is 0 Å². The van der Waals surface area contributed by atoms with Gasteiger partial charge in [0.05, 0.1) is 38.4 Å². The molecule has 2 aromatic carbocycles. The summed E-state index contributed by atoms with van der Waals surface area (Å²) >= 11 is 0. The van der Waals surface area contributed by atoms with Crippen LogP contribution < -0.4 is 19.5 Å². The molecule has 0 saturated carbocycles. The number of hydrogen-bond acceptors (Lipinski definition) is 5. The number of halogens is 1. The minimum absolute atomic E-state index is 0.0936. The minimum atomic E-state index is -0.476. The summed E-state index contributed by atoms with van der Waals surface area (Å²) < 4.78 is 30.7. The van der Waals surface area contributed by atoms with Gasteiger partial charge in [-0.1, -0.05) is 0 Å². The maximum absolute atomic E-state index is 13.2. The Kier molecular flexibility index (Phi) is 5.78. The monoisotopic (exact) mass is 385 g/mol. The van der Waals surface area contributed by atoms with Crippen LogP contribution in [0.2, 0.25) is 0 Å². The summed E-state index contributed by atoms with van der Waals surface area (Å²) in [6.07, 6.45) is 1.58. The zero-order valence-corrected chi connectivity index (χ0v) is 15.7. The predicted octanol–water partition coefficient (Wildman–Crippen LogP) is 3.68. The van der Waals surface area contributed by atoms with Crippen LogP contribution in [-0.4, -0.2) is 36.5 Å². The Labute approximate surface area is 161 Å². The Morgan fingerprint density at radius 1 is 1.11 bits per heavy atom. The molecule has 0 atom stereocenters. The van der Waals surface area contributed by atoms with E-state index in [0.717, 1.165) is 0 Å². The Hall–Kier alpha value is -3.55. The lowest BCUT2D eigenvalue weighted by Gasteiger charge is -2.11. The second kappa shape index (κ2) is 8.43. The molecular formula is C20H20FN3O4. The van der Waals surface area contributed by atoms with E-state index in [1.54, 1.807) is 36.5 Å². The van der Waals surface area contributed by atoms with E-state index in [9.17, 15) is 9.18 Å². The first kappa shape index (κ1) is 19.2. The molecule has 1 aromatic heterocycles. The van der Waals surface area contributed by atoms with Gasteiger partial charge in [0, 0.05) is 6.07 Å². The van der Waals surface area contributed by atoms with Crippen LogP contribution in [0.3, 0.4) is 0 Å². The molecule has 0 saturated heterocycles. The van der Waals surface area contributed by atoms with E-state index in [0.29, 0.717) is 35.2 Å². The number of nitrogens with zero attached hydrogens (tertiary/aromatic N) is 2. The number of amides is 1. The molecule has 0 spiro atoms. The molecule has 8 heteroatoms. The summed E-state index contributed by atoms with van der Waals surface area (Å²) in [6, 6.07) is 10.8. The van der Waals surface area contributed by atoms with Crippen molar-refractivity contribution in [3.05, 3.63) is 60.2 Å². The normalized spacial score (nSPS) is 10.4. The van der Waals surface area contributed by atoms with Crippen LogP contribution in [0, 0.1) is 5.82 Å². The first-order chi connectivity index (χ1) is 13.5. The van der Waals surface area contributed by atoms with Gasteiger partial charge in [-0.25, -0.2) is 9.07 Å². The number of nitrogens with one attached hydrogen (secondary N) is 1. The van der Waals surface area contributed by atoms with Gasteiger partial charge < -0.3 is 19.5 Å². The number of aromatic nitrogens is 2. The molecule has 146 valence electrons. The van der Waals surface area contributed by atoms with E-state index < -0.39 is 5.91 Å². The zero-order chi connectivity index (χ0) is 20.1. The van der Waals surface area contributed by atoms with Crippen molar-refractivity contribution in [2.45, 2.75) is 6.92 Å². The van der Waals surface area contributed by atoms with Crippen molar-refractivity contribution in [2.75, 3.05) is 26.1 Å². The van der Waals surface area contributed by atoms with Crippen LogP contribution in [0.15, 0.2) is 48.7 Å². The maximum atomic E-state index is 13.2. The standard InChI is InChI=1S/C20H20FN3O4/c1-4-28-18-12-24(14-7-5-13(21)6-8-14)23-19(18)20(25)22-16-11-15(26-2)9-10-17(16)27-3/h5-12H,4H2,1-3H3,(H,22,25). The fourth-order valence-corrected chi connectivity index (χ4v) is 2.60. The highest BCUT2D eigenvalue weighted by molar-refractivity contribution is 6.05. The van der Waals surface area contributed by atoms with Gasteiger partial charge in [0.25, 0.3) is 5.91 Å². The van der Waals surface area contributed by atoms with Gasteiger partial charge in [0.2, 0.25) is 0 Å². The second-order valence-corrected chi connectivity index (χ2v) is 5.72. The molecule has 0 aliphatic heterocycles. The highest BCUT2D eigenvalue weighted by atomic mass is 19.1. The number of benzene rings is 2. The molecule has 3 aromatic rings. The Balaban J connectivity index is 1.93. The number of methoxy groups -OCH3 is 2. The van der Waals surface area contributed by atoms with Gasteiger partial charge >= 0.3 is 0 Å². The lowest BCUT2D eigenvalue weighted by atomic mass is 10.2. The van der Waals surface area contributed by atoms with Crippen molar-refractivity contribution in [1.29, 1.82) is 0 Å². The fourth-order valence-electron chi connectivity index (χ4n) is 2.60. The third kappa shape index (κ3) is 4.06. The van der Waals surface area contributed by atoms with Crippen molar-refractivity contribution in [2.24, 2.45) is 0 Å². The number of ether oxygens (including phenoxy) is 3. The Morgan fingerprint density at radius 2 is 1.86 bits per heavy atom. The fraction of sp³-hybridized carbons (Fsp3) is 0.200. The SMILES string of the molecule is CCOc1cn(-c2ccc(F)cc2)nc1C(=O)Nc1cc(OC)ccc1OC. The van der Waals surface area contributed by atoms with Crippen molar-refractivity contribution < 1.29 is 23.4 Å². The molecule has 7 nitrogen and oxygen atoms in total. The first-order valence-corrected chi connectivity index (χ1v) is 8.57. The van der Waals surface area contributed by atoms with Gasteiger partial charge in [-0.15, -0.1) is 0 Å². The summed E-state index contributed by atoms with van der Waals surface area (Å²) in [5.74, 6) is 0.522. The Bertz CT molecular complexity index is 970. The maximum Gasteiger partial charge on any atom is 0.280 e. The number of anilines is 1. The highest BCUT2D eigenvalue weighted by Gasteiger charge is 2.20. The van der Waals surface area contributed by atoms with Gasteiger partial charge in [0.1, 0.15) is 17.3 Å². The van der Waals surface area contributed by atoms with Gasteiger partial charge in [-0.2, -0.15) is 5.10 Å². The van der Waals surface area contributed by atoms with Gasteiger partial charge in [0.15, 0.2) is 11.4 Å². The topological polar surface area (TPSA) is 74.6 Å². The van der Waals surface area contributed by atoms with Gasteiger partial charge in [-0.05, 0) is 43.3 Å². The van der Waals surface area contributed by atoms with Gasteiger partial charge in [-0.3, -0.25) is 4.79 Å². The number of rotatable bonds is 7. The third-order valence-electron chi connectivity index (χ3n) is 3.94. The lowest BCUT2D eigenvalue weighted by molar-refractivity contribution is 0.101. The second-order valence-electron chi connectivity index (χ2n) is 5.72. The molecule has 0 radical (unpaired) electrons. The summed E-state index contributed by atoms with van der Waals surface area (Å²) in [7, 11) is 3.04. The molecule has 1 heterocycles. The van der Waals surface area contributed by atoms with E-state index in [1.165, 1.54) is 31.0 Å². The van der Waals surface area contributed by atoms with Crippen LogP contribution in [0.25, 0.3) is 5.69 Å². The summed E-state index contributed by atoms with van der Waals surface area (Å²) in [6.45, 7) is 2.17. The van der Waals surface area contributed by atoms with Crippen molar-refractivity contribution in [3.63, 3.8) is 0 Å². The first-order valence-electron chi connectivity index (χ1n) is 8.57. The molecule has 1 amide bonds. The smallest absolute Gasteiger partial charge is 0.280 e. The molecule has 0 bridgehead atoms. The number of carbonyl (C=O) groups is 1. The Morgan fingerprint density at radius 3 is 2.50 bits per heavy atom. The van der Waals surface area contributed by atoms with Crippen molar-refractivity contribution in [1.82, 2.24) is 9.78 Å². The van der Waals surface area contributed by atoms with E-state index in [2.05, 4.69) is 10.4 Å². The molecule has 1 N–H and O–H groups in total. The largest absolute Gasteiger partial charge is 0.497 e. The molecule has 0 fully saturated rings. The van der Waals surface area contributed by atoms with Crippen LogP contribution in [0.4, 0.5) is 10.1 Å². The average Bonchev–Trinajstić information content (AvgIpc) is 3.12. The third-order valence-corrected chi connectivity index (χ3v) is 3.94. The molecule has 3 rings (SSSR count). The highest BCUT2D eigenvalue weighted by Crippen LogP contribution is 2.30. The molecule has 0 aliphatic carbocycles. The predicted molar refractivity (Wildman–Crippen MR) is 102 cm³/mol. The number of hydrogen-bond donors (Lipinski definition) is 1. The minimum Gasteiger partial charge on any atom is -0.497 e. The molecule has 0 aliphatic rings. The van der Waals surface area contributed by atoms with Crippen molar-refractivity contribution in [3.8, 4) is 22.9 Å². The zero-order valence-electron chi connectivity index (χ0n) is 15.7. The van der Waals surface area contributed by atoms with Crippen LogP contribution >= 0.6 is 0 Å². The van der Waals surface area contributed by atoms with E-state index >= 15 is 0 Å². The summed E-state index contributed by atoms with van der Waals surface area (Å²) in [4.78, 5) is 12.9. The summed E-state index contributed by atoms with van der Waals surface area (Å²) in [5.41, 5.74) is 1.13. The van der Waals surface area contributed by atoms with E-state index in [1.807, 2.05) is 6.92 Å². The van der Waals surface area contributed by atoms with Crippen LogP contribution in [0.5, 0.6) is 17.2 Å². The number of carbonyl (C=O) groups excluding carboxylic acids is 1. The molecular weight excluding hydrogens is 365 g/mol. The van der Waals surface area contributed by atoms with E-state index in [-0.39, 0.29) is 11.5 Å². The lowest BCUT2D eigenvalue weighted by Crippen LogP contribution is -2.15. The molecule has 28 heavy (non-hydrogen) atoms. The summed E-state index contributed by atoms with van der Waals surface area (Å²) in [5, 5.41) is 7.07. The van der Waals surface area contributed by atoms with Crippen molar-refractivity contribution >= 4 is 11.6 Å². The average molecular weight is 385 g/mol.